The Morgan fingerprint density at radius 3 is 2.52 bits per heavy atom. The monoisotopic (exact) mass is 308 g/mol. The summed E-state index contributed by atoms with van der Waals surface area (Å²) in [5.74, 6) is -0.0840. The van der Waals surface area contributed by atoms with Crippen LogP contribution in [0.5, 0.6) is 0 Å². The molecule has 0 spiro atoms. The van der Waals surface area contributed by atoms with Crippen LogP contribution >= 0.6 is 0 Å². The average Bonchev–Trinajstić information content (AvgIpc) is 2.77. The van der Waals surface area contributed by atoms with Gasteiger partial charge in [-0.2, -0.15) is 4.31 Å². The first-order valence-electron chi connectivity index (χ1n) is 7.36. The van der Waals surface area contributed by atoms with Gasteiger partial charge in [0.15, 0.2) is 0 Å². The van der Waals surface area contributed by atoms with Gasteiger partial charge in [-0.1, -0.05) is 6.42 Å². The van der Waals surface area contributed by atoms with Gasteiger partial charge in [0, 0.05) is 17.8 Å². The van der Waals surface area contributed by atoms with E-state index in [4.69, 9.17) is 0 Å². The summed E-state index contributed by atoms with van der Waals surface area (Å²) < 4.78 is 27.4. The highest BCUT2D eigenvalue weighted by atomic mass is 32.2. The molecule has 1 fully saturated rings. The zero-order chi connectivity index (χ0) is 15.2. The molecule has 1 aromatic carbocycles. The van der Waals surface area contributed by atoms with E-state index in [0.717, 1.165) is 30.5 Å². The summed E-state index contributed by atoms with van der Waals surface area (Å²) in [6, 6.07) is 4.95. The Balaban J connectivity index is 1.99. The topological polar surface area (TPSA) is 66.5 Å². The third-order valence-corrected chi connectivity index (χ3v) is 6.51. The molecule has 1 N–H and O–H groups in total. The lowest BCUT2D eigenvalue weighted by Gasteiger charge is -2.37. The number of rotatable bonds is 2. The second-order valence-electron chi connectivity index (χ2n) is 6.01. The molecular formula is C15H20N2O3S. The van der Waals surface area contributed by atoms with Gasteiger partial charge in [0.05, 0.1) is 11.3 Å². The lowest BCUT2D eigenvalue weighted by atomic mass is 10.0. The number of anilines is 1. The van der Waals surface area contributed by atoms with Crippen molar-refractivity contribution >= 4 is 21.6 Å². The van der Waals surface area contributed by atoms with Gasteiger partial charge in [0.2, 0.25) is 15.9 Å². The minimum absolute atomic E-state index is 0.0201. The summed E-state index contributed by atoms with van der Waals surface area (Å²) >= 11 is 0. The van der Waals surface area contributed by atoms with Crippen molar-refractivity contribution in [2.75, 3.05) is 5.32 Å². The molecule has 1 amide bonds. The molecule has 0 saturated carbocycles. The number of fused-ring (bicyclic) bond motifs is 1. The Kier molecular flexibility index (Phi) is 3.53. The summed E-state index contributed by atoms with van der Waals surface area (Å²) in [6.45, 7) is 3.93. The zero-order valence-corrected chi connectivity index (χ0v) is 13.1. The highest BCUT2D eigenvalue weighted by Crippen LogP contribution is 2.32. The molecule has 0 aromatic heterocycles. The minimum Gasteiger partial charge on any atom is -0.326 e. The quantitative estimate of drug-likeness (QED) is 0.910. The van der Waals surface area contributed by atoms with Crippen LogP contribution in [0.3, 0.4) is 0 Å². The van der Waals surface area contributed by atoms with Crippen LogP contribution in [-0.2, 0) is 21.2 Å². The number of carbonyl (C=O) groups excluding carboxylic acids is 1. The molecule has 2 unspecified atom stereocenters. The molecule has 0 radical (unpaired) electrons. The molecule has 21 heavy (non-hydrogen) atoms. The van der Waals surface area contributed by atoms with Crippen molar-refractivity contribution in [3.8, 4) is 0 Å². The van der Waals surface area contributed by atoms with Crippen LogP contribution in [0, 0.1) is 0 Å². The second kappa shape index (κ2) is 5.10. The van der Waals surface area contributed by atoms with Crippen molar-refractivity contribution in [3.05, 3.63) is 23.8 Å². The Bertz CT molecular complexity index is 674. The lowest BCUT2D eigenvalue weighted by Crippen LogP contribution is -2.47. The van der Waals surface area contributed by atoms with E-state index in [1.54, 1.807) is 22.5 Å². The molecule has 2 atom stereocenters. The lowest BCUT2D eigenvalue weighted by molar-refractivity contribution is -0.115. The predicted molar refractivity (Wildman–Crippen MR) is 80.6 cm³/mol. The molecule has 2 aliphatic rings. The largest absolute Gasteiger partial charge is 0.326 e. The van der Waals surface area contributed by atoms with Gasteiger partial charge in [-0.25, -0.2) is 8.42 Å². The van der Waals surface area contributed by atoms with Crippen LogP contribution in [0.2, 0.25) is 0 Å². The number of sulfonamides is 1. The normalized spacial score (nSPS) is 26.5. The number of amides is 1. The summed E-state index contributed by atoms with van der Waals surface area (Å²) in [5, 5.41) is 2.73. The van der Waals surface area contributed by atoms with Gasteiger partial charge in [0.25, 0.3) is 0 Å². The molecule has 5 nitrogen and oxygen atoms in total. The molecule has 1 aromatic rings. The zero-order valence-electron chi connectivity index (χ0n) is 12.3. The highest BCUT2D eigenvalue weighted by molar-refractivity contribution is 7.89. The van der Waals surface area contributed by atoms with Crippen molar-refractivity contribution in [2.45, 2.75) is 56.5 Å². The molecule has 6 heteroatoms. The number of carbonyl (C=O) groups is 1. The third kappa shape index (κ3) is 2.46. The first-order chi connectivity index (χ1) is 9.89. The maximum absolute atomic E-state index is 12.9. The van der Waals surface area contributed by atoms with E-state index in [1.165, 1.54) is 0 Å². The molecule has 3 rings (SSSR count). The summed E-state index contributed by atoms with van der Waals surface area (Å²) in [4.78, 5) is 11.7. The van der Waals surface area contributed by atoms with E-state index < -0.39 is 10.0 Å². The van der Waals surface area contributed by atoms with Crippen LogP contribution in [0.4, 0.5) is 5.69 Å². The number of nitrogens with zero attached hydrogens (tertiary/aromatic N) is 1. The van der Waals surface area contributed by atoms with Crippen LogP contribution in [0.1, 0.15) is 38.7 Å². The SMILES string of the molecule is CC1CCCC(C)N1S(=O)(=O)c1ccc2c(c1)CC(=O)N2. The highest BCUT2D eigenvalue weighted by Gasteiger charge is 2.36. The van der Waals surface area contributed by atoms with Gasteiger partial charge < -0.3 is 5.32 Å². The van der Waals surface area contributed by atoms with Crippen molar-refractivity contribution < 1.29 is 13.2 Å². The Hall–Kier alpha value is -1.40. The van der Waals surface area contributed by atoms with E-state index in [-0.39, 0.29) is 24.4 Å². The number of hydrogen-bond donors (Lipinski definition) is 1. The molecule has 2 aliphatic heterocycles. The van der Waals surface area contributed by atoms with Gasteiger partial charge in [-0.15, -0.1) is 0 Å². The number of nitrogens with one attached hydrogen (secondary N) is 1. The van der Waals surface area contributed by atoms with Gasteiger partial charge in [0.1, 0.15) is 0 Å². The molecule has 0 bridgehead atoms. The Morgan fingerprint density at radius 2 is 1.86 bits per heavy atom. The first kappa shape index (κ1) is 14.5. The minimum atomic E-state index is -3.51. The fourth-order valence-corrected chi connectivity index (χ4v) is 5.29. The van der Waals surface area contributed by atoms with Gasteiger partial charge in [-0.05, 0) is 50.5 Å². The molecule has 0 aliphatic carbocycles. The van der Waals surface area contributed by atoms with Gasteiger partial charge in [-0.3, -0.25) is 4.79 Å². The van der Waals surface area contributed by atoms with E-state index in [9.17, 15) is 13.2 Å². The smallest absolute Gasteiger partial charge is 0.243 e. The Morgan fingerprint density at radius 1 is 1.19 bits per heavy atom. The maximum atomic E-state index is 12.9. The van der Waals surface area contributed by atoms with Crippen LogP contribution < -0.4 is 5.32 Å². The standard InChI is InChI=1S/C15H20N2O3S/c1-10-4-3-5-11(2)17(10)21(19,20)13-6-7-14-12(8-13)9-15(18)16-14/h6-8,10-11H,3-5,9H2,1-2H3,(H,16,18). The first-order valence-corrected chi connectivity index (χ1v) is 8.80. The van der Waals surface area contributed by atoms with E-state index in [2.05, 4.69) is 5.32 Å². The second-order valence-corrected chi connectivity index (χ2v) is 7.85. The Labute approximate surface area is 125 Å². The molecular weight excluding hydrogens is 288 g/mol. The fourth-order valence-electron chi connectivity index (χ4n) is 3.36. The number of piperidine rings is 1. The van der Waals surface area contributed by atoms with Crippen LogP contribution in [0.15, 0.2) is 23.1 Å². The van der Waals surface area contributed by atoms with Crippen LogP contribution in [0.25, 0.3) is 0 Å². The van der Waals surface area contributed by atoms with E-state index in [0.29, 0.717) is 4.90 Å². The number of hydrogen-bond acceptors (Lipinski definition) is 3. The summed E-state index contributed by atoms with van der Waals surface area (Å²) in [5.41, 5.74) is 1.48. The average molecular weight is 308 g/mol. The van der Waals surface area contributed by atoms with E-state index >= 15 is 0 Å². The van der Waals surface area contributed by atoms with Gasteiger partial charge >= 0.3 is 0 Å². The third-order valence-electron chi connectivity index (χ3n) is 4.39. The van der Waals surface area contributed by atoms with Crippen molar-refractivity contribution in [1.29, 1.82) is 0 Å². The van der Waals surface area contributed by atoms with Crippen molar-refractivity contribution in [2.24, 2.45) is 0 Å². The van der Waals surface area contributed by atoms with Crippen molar-refractivity contribution in [1.82, 2.24) is 4.31 Å². The fraction of sp³-hybridized carbons (Fsp3) is 0.533. The molecule has 114 valence electrons. The summed E-state index contributed by atoms with van der Waals surface area (Å²) in [6.07, 6.45) is 3.11. The van der Waals surface area contributed by atoms with E-state index in [1.807, 2.05) is 13.8 Å². The maximum Gasteiger partial charge on any atom is 0.243 e. The van der Waals surface area contributed by atoms with Crippen molar-refractivity contribution in [3.63, 3.8) is 0 Å². The summed E-state index contributed by atoms with van der Waals surface area (Å²) in [7, 11) is -3.51. The molecule has 2 heterocycles. The van der Waals surface area contributed by atoms with Crippen LogP contribution in [-0.4, -0.2) is 30.7 Å². The number of benzene rings is 1. The predicted octanol–water partition coefficient (Wildman–Crippen LogP) is 2.13. The molecule has 1 saturated heterocycles.